The molecule has 0 aromatic carbocycles. The number of β-amino-alcohol motifs (C(OH)–C–C–N with tert-alkyl or cyclic N) is 1. The van der Waals surface area contributed by atoms with Gasteiger partial charge in [-0.05, 0) is 13.3 Å². The average Bonchev–Trinajstić information content (AvgIpc) is 2.93. The molecule has 7 heteroatoms. The van der Waals surface area contributed by atoms with Gasteiger partial charge >= 0.3 is 0 Å². The highest BCUT2D eigenvalue weighted by molar-refractivity contribution is 7.19. The molecule has 1 unspecified atom stereocenters. The van der Waals surface area contributed by atoms with Gasteiger partial charge in [0.15, 0.2) is 5.75 Å². The number of nitrogens with two attached hydrogens (primary N) is 1. The van der Waals surface area contributed by atoms with E-state index in [0.29, 0.717) is 29.4 Å². The van der Waals surface area contributed by atoms with E-state index < -0.39 is 0 Å². The zero-order chi connectivity index (χ0) is 14.0. The maximum atomic E-state index is 11.9. The van der Waals surface area contributed by atoms with E-state index in [0.717, 1.165) is 18.0 Å². The summed E-state index contributed by atoms with van der Waals surface area (Å²) in [6.07, 6.45) is 0.387. The number of nitrogens with one attached hydrogen (secondary N) is 1. The Hall–Kier alpha value is -1.47. The van der Waals surface area contributed by atoms with Crippen molar-refractivity contribution >= 4 is 27.9 Å². The van der Waals surface area contributed by atoms with Gasteiger partial charge in [-0.3, -0.25) is 4.79 Å². The van der Waals surface area contributed by atoms with Gasteiger partial charge in [-0.15, -0.1) is 11.3 Å². The molecule has 0 saturated carbocycles. The molecule has 1 aliphatic rings. The van der Waals surface area contributed by atoms with Crippen LogP contribution in [0.15, 0.2) is 0 Å². The van der Waals surface area contributed by atoms with E-state index in [-0.39, 0.29) is 12.0 Å². The Labute approximate surface area is 116 Å². The Kier molecular flexibility index (Phi) is 4.16. The molecule has 1 atom stereocenters. The van der Waals surface area contributed by atoms with Crippen LogP contribution in [0, 0.1) is 0 Å². The van der Waals surface area contributed by atoms with Crippen LogP contribution in [0.1, 0.15) is 23.0 Å². The fourth-order valence-corrected chi connectivity index (χ4v) is 3.30. The van der Waals surface area contributed by atoms with Crippen molar-refractivity contribution in [2.24, 2.45) is 0 Å². The van der Waals surface area contributed by atoms with Gasteiger partial charge in [0, 0.05) is 19.6 Å². The highest BCUT2D eigenvalue weighted by atomic mass is 32.1. The lowest BCUT2D eigenvalue weighted by Crippen LogP contribution is -2.22. The molecule has 2 rings (SSSR count). The number of anilines is 2. The first kappa shape index (κ1) is 14.0. The summed E-state index contributed by atoms with van der Waals surface area (Å²) in [6, 6.07) is 0. The summed E-state index contributed by atoms with van der Waals surface area (Å²) in [5, 5.41) is 13.2. The number of amides is 1. The zero-order valence-corrected chi connectivity index (χ0v) is 11.9. The van der Waals surface area contributed by atoms with Gasteiger partial charge in [-0.2, -0.15) is 0 Å². The fourth-order valence-electron chi connectivity index (χ4n) is 2.16. The molecule has 1 aromatic rings. The van der Waals surface area contributed by atoms with Crippen LogP contribution in [-0.4, -0.2) is 43.9 Å². The van der Waals surface area contributed by atoms with Crippen molar-refractivity contribution in [3.8, 4) is 5.75 Å². The molecular weight excluding hydrogens is 266 g/mol. The number of aliphatic hydroxyl groups is 1. The normalized spacial score (nSPS) is 18.7. The third-order valence-electron chi connectivity index (χ3n) is 3.08. The van der Waals surface area contributed by atoms with Crippen molar-refractivity contribution < 1.29 is 14.6 Å². The maximum Gasteiger partial charge on any atom is 0.263 e. The van der Waals surface area contributed by atoms with Crippen molar-refractivity contribution in [2.75, 3.05) is 37.4 Å². The third kappa shape index (κ3) is 2.62. The predicted molar refractivity (Wildman–Crippen MR) is 76.1 cm³/mol. The van der Waals surface area contributed by atoms with E-state index in [1.807, 2.05) is 11.8 Å². The molecule has 0 bridgehead atoms. The SMILES string of the molecule is CCNC(=O)c1sc(N2CCC(O)C2)c(OC)c1N. The molecule has 6 nitrogen and oxygen atoms in total. The first-order chi connectivity index (χ1) is 9.08. The van der Waals surface area contributed by atoms with Crippen LogP contribution < -0.4 is 20.7 Å². The van der Waals surface area contributed by atoms with Crippen LogP contribution in [0.2, 0.25) is 0 Å². The Morgan fingerprint density at radius 3 is 2.95 bits per heavy atom. The number of rotatable bonds is 4. The van der Waals surface area contributed by atoms with Gasteiger partial charge in [0.25, 0.3) is 5.91 Å². The smallest absolute Gasteiger partial charge is 0.263 e. The standard InChI is InChI=1S/C12H19N3O3S/c1-3-14-11(17)10-8(13)9(18-2)12(19-10)15-5-4-7(16)6-15/h7,16H,3-6,13H2,1-2H3,(H,14,17). The number of aliphatic hydroxyl groups excluding tert-OH is 1. The number of carbonyl (C=O) groups is 1. The van der Waals surface area contributed by atoms with Crippen molar-refractivity contribution in [3.63, 3.8) is 0 Å². The molecule has 1 amide bonds. The van der Waals surface area contributed by atoms with E-state index in [1.165, 1.54) is 18.4 Å². The van der Waals surface area contributed by atoms with Gasteiger partial charge in [0.1, 0.15) is 15.6 Å². The molecule has 1 saturated heterocycles. The van der Waals surface area contributed by atoms with Crippen LogP contribution in [0.5, 0.6) is 5.75 Å². The van der Waals surface area contributed by atoms with Gasteiger partial charge in [0.05, 0.1) is 13.2 Å². The monoisotopic (exact) mass is 285 g/mol. The second kappa shape index (κ2) is 5.66. The predicted octanol–water partition coefficient (Wildman–Crippen LogP) is 0.660. The first-order valence-corrected chi connectivity index (χ1v) is 7.07. The number of thiophene rings is 1. The zero-order valence-electron chi connectivity index (χ0n) is 11.1. The van der Waals surface area contributed by atoms with E-state index in [4.69, 9.17) is 10.5 Å². The summed E-state index contributed by atoms with van der Waals surface area (Å²) in [4.78, 5) is 14.4. The molecule has 19 heavy (non-hydrogen) atoms. The molecule has 1 aromatic heterocycles. The summed E-state index contributed by atoms with van der Waals surface area (Å²) < 4.78 is 5.31. The number of methoxy groups -OCH3 is 1. The van der Waals surface area contributed by atoms with Crippen LogP contribution in [-0.2, 0) is 0 Å². The Morgan fingerprint density at radius 2 is 2.42 bits per heavy atom. The van der Waals surface area contributed by atoms with Crippen LogP contribution in [0.25, 0.3) is 0 Å². The van der Waals surface area contributed by atoms with Crippen LogP contribution in [0.4, 0.5) is 10.7 Å². The summed E-state index contributed by atoms with van der Waals surface area (Å²) in [7, 11) is 1.54. The van der Waals surface area contributed by atoms with Crippen molar-refractivity contribution in [2.45, 2.75) is 19.4 Å². The van der Waals surface area contributed by atoms with E-state index in [2.05, 4.69) is 5.32 Å². The third-order valence-corrected chi connectivity index (χ3v) is 4.33. The van der Waals surface area contributed by atoms with Gasteiger partial charge in [0.2, 0.25) is 0 Å². The van der Waals surface area contributed by atoms with Gasteiger partial charge in [-0.1, -0.05) is 0 Å². The second-order valence-electron chi connectivity index (χ2n) is 4.43. The van der Waals surface area contributed by atoms with E-state index >= 15 is 0 Å². The van der Waals surface area contributed by atoms with Crippen LogP contribution >= 0.6 is 11.3 Å². The quantitative estimate of drug-likeness (QED) is 0.756. The lowest BCUT2D eigenvalue weighted by atomic mass is 10.3. The fraction of sp³-hybridized carbons (Fsp3) is 0.583. The van der Waals surface area contributed by atoms with E-state index in [1.54, 1.807) is 0 Å². The number of hydrogen-bond donors (Lipinski definition) is 3. The number of carbonyl (C=O) groups excluding carboxylic acids is 1. The lowest BCUT2D eigenvalue weighted by Gasteiger charge is -2.16. The number of nitrogens with zero attached hydrogens (tertiary/aromatic N) is 1. The first-order valence-electron chi connectivity index (χ1n) is 6.25. The molecular formula is C12H19N3O3S. The number of ether oxygens (including phenoxy) is 1. The van der Waals surface area contributed by atoms with Gasteiger partial charge in [-0.25, -0.2) is 0 Å². The summed E-state index contributed by atoms with van der Waals surface area (Å²) in [5.74, 6) is 0.342. The molecule has 0 radical (unpaired) electrons. The topological polar surface area (TPSA) is 87.8 Å². The molecule has 1 fully saturated rings. The van der Waals surface area contributed by atoms with Crippen LogP contribution in [0.3, 0.4) is 0 Å². The number of nitrogen functional groups attached to an aromatic ring is 1. The van der Waals surface area contributed by atoms with E-state index in [9.17, 15) is 9.90 Å². The van der Waals surface area contributed by atoms with Crippen molar-refractivity contribution in [1.82, 2.24) is 5.32 Å². The summed E-state index contributed by atoms with van der Waals surface area (Å²) in [6.45, 7) is 3.70. The highest BCUT2D eigenvalue weighted by Gasteiger charge is 2.29. The summed E-state index contributed by atoms with van der Waals surface area (Å²) >= 11 is 1.31. The summed E-state index contributed by atoms with van der Waals surface area (Å²) in [5.41, 5.74) is 6.35. The molecule has 0 spiro atoms. The molecule has 106 valence electrons. The molecule has 1 aliphatic heterocycles. The van der Waals surface area contributed by atoms with Crippen molar-refractivity contribution in [3.05, 3.63) is 4.88 Å². The largest absolute Gasteiger partial charge is 0.492 e. The maximum absolute atomic E-state index is 11.9. The Morgan fingerprint density at radius 1 is 1.68 bits per heavy atom. The minimum Gasteiger partial charge on any atom is -0.492 e. The molecule has 4 N–H and O–H groups in total. The lowest BCUT2D eigenvalue weighted by molar-refractivity contribution is 0.0960. The Balaban J connectivity index is 2.33. The number of hydrogen-bond acceptors (Lipinski definition) is 6. The molecule has 0 aliphatic carbocycles. The second-order valence-corrected chi connectivity index (χ2v) is 5.43. The Bertz CT molecular complexity index is 475. The highest BCUT2D eigenvalue weighted by Crippen LogP contribution is 2.45. The van der Waals surface area contributed by atoms with Gasteiger partial charge < -0.3 is 25.8 Å². The van der Waals surface area contributed by atoms with Crippen molar-refractivity contribution in [1.29, 1.82) is 0 Å². The minimum absolute atomic E-state index is 0.186. The average molecular weight is 285 g/mol. The molecule has 2 heterocycles. The minimum atomic E-state index is -0.332.